The molecule has 1 N–H and O–H groups in total. The quantitative estimate of drug-likeness (QED) is 0.596. The summed E-state index contributed by atoms with van der Waals surface area (Å²) in [7, 11) is 0. The van der Waals surface area contributed by atoms with Crippen molar-refractivity contribution in [2.24, 2.45) is 5.92 Å². The normalized spacial score (nSPS) is 16.5. The van der Waals surface area contributed by atoms with E-state index in [2.05, 4.69) is 12.2 Å². The maximum atomic E-state index is 12.9. The van der Waals surface area contributed by atoms with Gasteiger partial charge in [0.15, 0.2) is 5.76 Å². The van der Waals surface area contributed by atoms with Crippen LogP contribution in [0.4, 0.5) is 5.00 Å². The molecule has 1 aliphatic rings. The number of nitrogens with one attached hydrogen (secondary N) is 1. The fourth-order valence-electron chi connectivity index (χ4n) is 3.11. The van der Waals surface area contributed by atoms with Crippen LogP contribution < -0.4 is 5.32 Å². The second kappa shape index (κ2) is 7.97. The first-order valence-corrected chi connectivity index (χ1v) is 9.52. The van der Waals surface area contributed by atoms with Crippen molar-refractivity contribution in [3.8, 4) is 0 Å². The van der Waals surface area contributed by atoms with Gasteiger partial charge in [-0.3, -0.25) is 9.59 Å². The van der Waals surface area contributed by atoms with Crippen LogP contribution in [0.5, 0.6) is 0 Å². The molecule has 0 saturated carbocycles. The summed E-state index contributed by atoms with van der Waals surface area (Å²) >= 11 is 1.52. The number of ether oxygens (including phenoxy) is 1. The van der Waals surface area contributed by atoms with Crippen molar-refractivity contribution >= 4 is 28.0 Å². The third-order valence-electron chi connectivity index (χ3n) is 4.41. The highest BCUT2D eigenvalue weighted by atomic mass is 32.1. The van der Waals surface area contributed by atoms with E-state index in [1.807, 2.05) is 6.92 Å². The van der Waals surface area contributed by atoms with Crippen molar-refractivity contribution in [2.75, 3.05) is 18.5 Å². The van der Waals surface area contributed by atoms with Crippen molar-refractivity contribution in [1.29, 1.82) is 0 Å². The minimum atomic E-state index is -0.155. The molecule has 5 nitrogen and oxygen atoms in total. The van der Waals surface area contributed by atoms with Gasteiger partial charge in [0.05, 0.1) is 24.9 Å². The first kappa shape index (κ1) is 17.9. The van der Waals surface area contributed by atoms with Gasteiger partial charge in [-0.25, -0.2) is 0 Å². The molecule has 2 aromatic heterocycles. The Hall–Kier alpha value is -1.92. The monoisotopic (exact) mass is 361 g/mol. The minimum absolute atomic E-state index is 0.131. The predicted octanol–water partition coefficient (Wildman–Crippen LogP) is 4.06. The molecule has 0 spiro atoms. The molecule has 0 aliphatic heterocycles. The van der Waals surface area contributed by atoms with E-state index in [-0.39, 0.29) is 18.1 Å². The number of carbonyl (C=O) groups excluding carboxylic acids is 2. The molecule has 25 heavy (non-hydrogen) atoms. The van der Waals surface area contributed by atoms with Gasteiger partial charge in [0.1, 0.15) is 5.00 Å². The zero-order valence-corrected chi connectivity index (χ0v) is 15.4. The zero-order valence-electron chi connectivity index (χ0n) is 14.6. The highest BCUT2D eigenvalue weighted by Crippen LogP contribution is 2.40. The van der Waals surface area contributed by atoms with Crippen molar-refractivity contribution in [3.63, 3.8) is 0 Å². The zero-order chi connectivity index (χ0) is 17.8. The third-order valence-corrected chi connectivity index (χ3v) is 5.58. The fourth-order valence-corrected chi connectivity index (χ4v) is 4.53. The van der Waals surface area contributed by atoms with Gasteiger partial charge in [-0.05, 0) is 49.8 Å². The Morgan fingerprint density at radius 1 is 1.44 bits per heavy atom. The lowest BCUT2D eigenvalue weighted by Crippen LogP contribution is -2.16. The molecule has 0 radical (unpaired) electrons. The summed E-state index contributed by atoms with van der Waals surface area (Å²) in [6, 6.07) is 3.37. The van der Waals surface area contributed by atoms with E-state index in [0.29, 0.717) is 35.5 Å². The second-order valence-corrected chi connectivity index (χ2v) is 7.46. The average Bonchev–Trinajstić information content (AvgIpc) is 3.21. The Kier molecular flexibility index (Phi) is 5.71. The van der Waals surface area contributed by atoms with Crippen LogP contribution in [0.2, 0.25) is 0 Å². The van der Waals surface area contributed by atoms with E-state index in [9.17, 15) is 9.59 Å². The summed E-state index contributed by atoms with van der Waals surface area (Å²) in [6.45, 7) is 5.08. The number of hydrogen-bond acceptors (Lipinski definition) is 5. The van der Waals surface area contributed by atoms with Crippen LogP contribution in [0, 0.1) is 5.92 Å². The van der Waals surface area contributed by atoms with E-state index in [4.69, 9.17) is 9.15 Å². The number of thiophene rings is 1. The standard InChI is InChI=1S/C19H23NO4S/c1-3-23-10-8-16(21)20-19-17(18(22)14-5-4-9-24-14)13-7-6-12(2)11-15(13)25-19/h4-5,9,12H,3,6-8,10-11H2,1-2H3,(H,20,21). The molecule has 0 bridgehead atoms. The molecule has 0 fully saturated rings. The smallest absolute Gasteiger partial charge is 0.231 e. The van der Waals surface area contributed by atoms with Gasteiger partial charge in [0.25, 0.3) is 0 Å². The van der Waals surface area contributed by atoms with Crippen LogP contribution in [-0.2, 0) is 22.4 Å². The molecular weight excluding hydrogens is 338 g/mol. The highest BCUT2D eigenvalue weighted by molar-refractivity contribution is 7.17. The second-order valence-electron chi connectivity index (χ2n) is 6.36. The van der Waals surface area contributed by atoms with Crippen LogP contribution in [0.3, 0.4) is 0 Å². The Bertz CT molecular complexity index is 748. The lowest BCUT2D eigenvalue weighted by molar-refractivity contribution is -0.117. The first-order chi connectivity index (χ1) is 12.1. The van der Waals surface area contributed by atoms with Gasteiger partial charge in [0.2, 0.25) is 11.7 Å². The van der Waals surface area contributed by atoms with E-state index < -0.39 is 0 Å². The molecule has 2 heterocycles. The van der Waals surface area contributed by atoms with Crippen LogP contribution in [-0.4, -0.2) is 24.9 Å². The maximum Gasteiger partial charge on any atom is 0.231 e. The van der Waals surface area contributed by atoms with Gasteiger partial charge < -0.3 is 14.5 Å². The average molecular weight is 361 g/mol. The Labute approximate surface area is 151 Å². The fraction of sp³-hybridized carbons (Fsp3) is 0.474. The van der Waals surface area contributed by atoms with Crippen LogP contribution in [0.1, 0.15) is 53.2 Å². The third kappa shape index (κ3) is 4.02. The van der Waals surface area contributed by atoms with Gasteiger partial charge in [-0.15, -0.1) is 11.3 Å². The van der Waals surface area contributed by atoms with E-state index in [1.165, 1.54) is 22.5 Å². The summed E-state index contributed by atoms with van der Waals surface area (Å²) in [5, 5.41) is 3.56. The summed E-state index contributed by atoms with van der Waals surface area (Å²) in [4.78, 5) is 26.3. The van der Waals surface area contributed by atoms with Crippen LogP contribution in [0.25, 0.3) is 0 Å². The number of anilines is 1. The SMILES string of the molecule is CCOCCC(=O)Nc1sc2c(c1C(=O)c1ccco1)CCC(C)C2. The predicted molar refractivity (Wildman–Crippen MR) is 97.4 cm³/mol. The van der Waals surface area contributed by atoms with Crippen molar-refractivity contribution in [1.82, 2.24) is 0 Å². The Balaban J connectivity index is 1.88. The molecule has 1 unspecified atom stereocenters. The minimum Gasteiger partial charge on any atom is -0.461 e. The first-order valence-electron chi connectivity index (χ1n) is 8.70. The number of rotatable bonds is 7. The summed E-state index contributed by atoms with van der Waals surface area (Å²) < 4.78 is 10.5. The number of amides is 1. The lowest BCUT2D eigenvalue weighted by Gasteiger charge is -2.18. The van der Waals surface area contributed by atoms with Gasteiger partial charge in [0, 0.05) is 11.5 Å². The molecule has 6 heteroatoms. The summed E-state index contributed by atoms with van der Waals surface area (Å²) in [5.74, 6) is 0.619. The topological polar surface area (TPSA) is 68.5 Å². The molecule has 0 saturated heterocycles. The molecule has 3 rings (SSSR count). The van der Waals surface area contributed by atoms with E-state index in [1.54, 1.807) is 12.1 Å². The van der Waals surface area contributed by atoms with Crippen molar-refractivity contribution < 1.29 is 18.7 Å². The number of fused-ring (bicyclic) bond motifs is 1. The molecule has 2 aromatic rings. The number of carbonyl (C=O) groups is 2. The Morgan fingerprint density at radius 3 is 3.00 bits per heavy atom. The molecule has 1 atom stereocenters. The van der Waals surface area contributed by atoms with Crippen molar-refractivity contribution in [2.45, 2.75) is 39.5 Å². The highest BCUT2D eigenvalue weighted by Gasteiger charge is 2.29. The van der Waals surface area contributed by atoms with Gasteiger partial charge in [-0.1, -0.05) is 6.92 Å². The molecule has 134 valence electrons. The summed E-state index contributed by atoms with van der Waals surface area (Å²) in [6.07, 6.45) is 4.65. The summed E-state index contributed by atoms with van der Waals surface area (Å²) in [5.41, 5.74) is 1.68. The number of ketones is 1. The lowest BCUT2D eigenvalue weighted by atomic mass is 9.87. The molecular formula is C19H23NO4S. The van der Waals surface area contributed by atoms with E-state index in [0.717, 1.165) is 24.8 Å². The van der Waals surface area contributed by atoms with E-state index >= 15 is 0 Å². The van der Waals surface area contributed by atoms with Crippen LogP contribution in [0.15, 0.2) is 22.8 Å². The molecule has 1 aliphatic carbocycles. The largest absolute Gasteiger partial charge is 0.461 e. The molecule has 1 amide bonds. The van der Waals surface area contributed by atoms with Gasteiger partial charge in [-0.2, -0.15) is 0 Å². The van der Waals surface area contributed by atoms with Gasteiger partial charge >= 0.3 is 0 Å². The maximum absolute atomic E-state index is 12.9. The van der Waals surface area contributed by atoms with Crippen LogP contribution >= 0.6 is 11.3 Å². The Morgan fingerprint density at radius 2 is 2.28 bits per heavy atom. The number of hydrogen-bond donors (Lipinski definition) is 1. The number of furan rings is 1. The molecule has 0 aromatic carbocycles. The van der Waals surface area contributed by atoms with Crippen molar-refractivity contribution in [3.05, 3.63) is 40.2 Å².